The second-order valence-electron chi connectivity index (χ2n) is 20.6. The molecule has 21 rings (SSSR count). The van der Waals surface area contributed by atoms with Crippen molar-refractivity contribution in [1.82, 2.24) is 9.97 Å². The van der Waals surface area contributed by atoms with E-state index < -0.39 is 11.8 Å². The van der Waals surface area contributed by atoms with Gasteiger partial charge in [0.1, 0.15) is 44.3 Å². The van der Waals surface area contributed by atoms with Crippen LogP contribution in [-0.4, -0.2) is 9.97 Å². The number of hydrogen-bond acceptors (Lipinski definition) is 2. The van der Waals surface area contributed by atoms with Crippen molar-refractivity contribution in [2.45, 2.75) is 11.8 Å². The summed E-state index contributed by atoms with van der Waals surface area (Å²) < 4.78 is 20.6. The largest absolute Gasteiger partial charge is 0.770 e. The molecular weight excluding hydrogens is 885 g/mol. The van der Waals surface area contributed by atoms with Crippen molar-refractivity contribution in [3.8, 4) is 45.0 Å². The van der Waals surface area contributed by atoms with Crippen LogP contribution in [0.15, 0.2) is 195 Å². The summed E-state index contributed by atoms with van der Waals surface area (Å²) in [7, 11) is 0. The summed E-state index contributed by atoms with van der Waals surface area (Å²) in [4.78, 5) is 12.0. The standard InChI is InChI=1S/C62H32N10/c1-9-33-13-5-29-65-53(33)37(17-1)45-25-21-41-49-50(42-22-26-46-38-18-2-10-34-14-6-30-66(54(34)38)61(65)69(45)57(41)58(42)70(46)61)64-52-44-24-28-48-40-20-4-12-36-16-8-32-68(56(36)40)62-67-31-7-15-35-11-3-19-39(55(35)67)47-27-23-43(51(52)63-49)59(71(47)62)60(44)72(48)62/h1-32H/q+8. The van der Waals surface area contributed by atoms with Crippen molar-refractivity contribution >= 4 is 109 Å². The zero-order valence-electron chi connectivity index (χ0n) is 37.9. The number of hydrogen-bond donors (Lipinski definition) is 0. The van der Waals surface area contributed by atoms with Crippen LogP contribution in [0.1, 0.15) is 0 Å². The lowest BCUT2D eigenvalue weighted by atomic mass is 9.99. The molecule has 0 N–H and O–H groups in total. The van der Waals surface area contributed by atoms with Crippen molar-refractivity contribution in [2.75, 3.05) is 0 Å². The third-order valence-corrected chi connectivity index (χ3v) is 17.7. The summed E-state index contributed by atoms with van der Waals surface area (Å²) in [6.07, 6.45) is 9.14. The Morgan fingerprint density at radius 3 is 0.764 bits per heavy atom. The maximum absolute atomic E-state index is 6.02. The van der Waals surface area contributed by atoms with Crippen LogP contribution in [0.5, 0.6) is 0 Å². The number of pyridine rings is 8. The summed E-state index contributed by atoms with van der Waals surface area (Å²) in [6.45, 7) is 0. The summed E-state index contributed by atoms with van der Waals surface area (Å²) >= 11 is 0. The molecule has 9 aromatic heterocycles. The fourth-order valence-corrected chi connectivity index (χ4v) is 15.4. The van der Waals surface area contributed by atoms with Crippen LogP contribution in [0.4, 0.5) is 0 Å². The van der Waals surface area contributed by atoms with E-state index in [0.717, 1.165) is 65.7 Å². The van der Waals surface area contributed by atoms with E-state index in [9.17, 15) is 0 Å². The highest BCUT2D eigenvalue weighted by Crippen LogP contribution is 2.46. The zero-order valence-corrected chi connectivity index (χ0v) is 37.9. The number of aromatic nitrogens is 10. The van der Waals surface area contributed by atoms with Crippen LogP contribution in [0.25, 0.3) is 154 Å². The molecule has 10 heteroatoms. The Hall–Kier alpha value is -9.80. The van der Waals surface area contributed by atoms with Gasteiger partial charge in [0.2, 0.25) is 44.8 Å². The van der Waals surface area contributed by atoms with Crippen molar-refractivity contribution in [3.63, 3.8) is 0 Å². The molecule has 2 spiro atoms. The number of rotatable bonds is 0. The molecule has 6 aliphatic rings. The molecule has 6 aliphatic heterocycles. The molecule has 10 nitrogen and oxygen atoms in total. The van der Waals surface area contributed by atoms with Crippen molar-refractivity contribution in [3.05, 3.63) is 195 Å². The van der Waals surface area contributed by atoms with Crippen molar-refractivity contribution < 1.29 is 36.5 Å². The monoisotopic (exact) mass is 916 g/mol. The van der Waals surface area contributed by atoms with Crippen molar-refractivity contribution in [2.24, 2.45) is 0 Å². The van der Waals surface area contributed by atoms with E-state index >= 15 is 0 Å². The van der Waals surface area contributed by atoms with E-state index in [0.29, 0.717) is 0 Å². The summed E-state index contributed by atoms with van der Waals surface area (Å²) in [5.74, 6) is -1.74. The molecule has 72 heavy (non-hydrogen) atoms. The van der Waals surface area contributed by atoms with Gasteiger partial charge in [-0.15, -0.1) is 0 Å². The topological polar surface area (TPSA) is 56.8 Å². The van der Waals surface area contributed by atoms with Crippen LogP contribution < -0.4 is 36.5 Å². The second-order valence-corrected chi connectivity index (χ2v) is 20.6. The lowest BCUT2D eigenvalue weighted by Gasteiger charge is -2.21. The summed E-state index contributed by atoms with van der Waals surface area (Å²) in [5.41, 5.74) is 22.5. The molecule has 0 bridgehead atoms. The van der Waals surface area contributed by atoms with E-state index in [1.165, 1.54) is 88.6 Å². The van der Waals surface area contributed by atoms with Gasteiger partial charge in [0.25, 0.3) is 0 Å². The number of benzene rings is 6. The SMILES string of the molecule is c1cc2c3c(c1)ccc[n+]3C13[n+]4cccc5cccc(c54)-c4ccc5c6nc7c8ccc9[n+]%10c8c8c(ccc%11[n+]8C%10([n+]8cccc%10cccc-%11c%108)[n+]8cccc%10cccc-9c%108)c7nc6c6ccc-2[n+]1c6c5[n+]43. The fraction of sp³-hybridized carbons (Fsp3) is 0.0323. The molecule has 15 aromatic rings. The Bertz CT molecular complexity index is 4740. The van der Waals surface area contributed by atoms with Crippen LogP contribution in [-0.2, 0) is 11.8 Å². The maximum atomic E-state index is 6.02. The first-order valence-electron chi connectivity index (χ1n) is 24.8. The van der Waals surface area contributed by atoms with Gasteiger partial charge in [-0.25, -0.2) is 9.97 Å². The van der Waals surface area contributed by atoms with Gasteiger partial charge in [0, 0.05) is 88.3 Å². The Kier molecular flexibility index (Phi) is 5.11. The van der Waals surface area contributed by atoms with Crippen molar-refractivity contribution in [1.29, 1.82) is 0 Å². The fourth-order valence-electron chi connectivity index (χ4n) is 15.4. The van der Waals surface area contributed by atoms with E-state index in [1.54, 1.807) is 0 Å². The molecule has 0 saturated heterocycles. The second kappa shape index (κ2) is 10.7. The third kappa shape index (κ3) is 3.16. The van der Waals surface area contributed by atoms with E-state index in [4.69, 9.17) is 9.97 Å². The molecule has 0 amide bonds. The molecule has 0 unspecified atom stereocenters. The minimum absolute atomic E-state index is 0.868. The predicted octanol–water partition coefficient (Wildman–Crippen LogP) is 7.28. The number of fused-ring (bicyclic) bond motifs is 10. The zero-order chi connectivity index (χ0) is 45.8. The minimum atomic E-state index is -0.868. The van der Waals surface area contributed by atoms with Gasteiger partial charge in [-0.1, -0.05) is 24.3 Å². The lowest BCUT2D eigenvalue weighted by molar-refractivity contribution is -1.29. The van der Waals surface area contributed by atoms with Gasteiger partial charge in [-0.2, -0.15) is 0 Å². The first-order valence-corrected chi connectivity index (χ1v) is 24.8. The third-order valence-electron chi connectivity index (χ3n) is 17.7. The Labute approximate surface area is 405 Å². The normalized spacial score (nSPS) is 15.4. The molecule has 15 heterocycles. The summed E-state index contributed by atoms with van der Waals surface area (Å²) in [6, 6.07) is 63.5. The lowest BCUT2D eigenvalue weighted by Crippen LogP contribution is -2.98. The molecule has 0 aliphatic carbocycles. The Morgan fingerprint density at radius 1 is 0.250 bits per heavy atom. The number of para-hydroxylation sites is 4. The molecule has 0 saturated carbocycles. The van der Waals surface area contributed by atoms with Crippen LogP contribution in [0.2, 0.25) is 0 Å². The highest BCUT2D eigenvalue weighted by Gasteiger charge is 2.84. The van der Waals surface area contributed by atoms with E-state index in [2.05, 4.69) is 231 Å². The first kappa shape index (κ1) is 34.5. The summed E-state index contributed by atoms with van der Waals surface area (Å²) in [5, 5.41) is 9.12. The average Bonchev–Trinajstić information content (AvgIpc) is 3.95. The first-order chi connectivity index (χ1) is 35.7. The van der Waals surface area contributed by atoms with E-state index in [1.807, 2.05) is 0 Å². The van der Waals surface area contributed by atoms with Crippen LogP contribution >= 0.6 is 0 Å². The molecule has 0 fully saturated rings. The quantitative estimate of drug-likeness (QED) is 0.0914. The molecular formula is C62H32N10+8. The maximum Gasteiger partial charge on any atom is 0.770 e. The smallest absolute Gasteiger partial charge is 0.243 e. The van der Waals surface area contributed by atoms with Gasteiger partial charge in [0.05, 0.1) is 21.5 Å². The molecule has 322 valence electrons. The van der Waals surface area contributed by atoms with Gasteiger partial charge in [-0.05, 0) is 115 Å². The van der Waals surface area contributed by atoms with Gasteiger partial charge in [-0.3, -0.25) is 0 Å². The molecule has 0 radical (unpaired) electrons. The van der Waals surface area contributed by atoms with E-state index in [-0.39, 0.29) is 0 Å². The van der Waals surface area contributed by atoms with Crippen LogP contribution in [0, 0.1) is 0 Å². The Balaban J connectivity index is 0.993. The van der Waals surface area contributed by atoms with Gasteiger partial charge < -0.3 is 0 Å². The predicted molar refractivity (Wildman–Crippen MR) is 269 cm³/mol. The molecule has 6 aromatic carbocycles. The van der Waals surface area contributed by atoms with Gasteiger partial charge in [0.15, 0.2) is 24.8 Å². The highest BCUT2D eigenvalue weighted by molar-refractivity contribution is 6.25. The molecule has 0 atom stereocenters. The highest BCUT2D eigenvalue weighted by atomic mass is 15.6. The van der Waals surface area contributed by atoms with Gasteiger partial charge >= 0.3 is 33.9 Å². The average molecular weight is 917 g/mol. The Morgan fingerprint density at radius 2 is 0.500 bits per heavy atom. The minimum Gasteiger partial charge on any atom is -0.243 e. The van der Waals surface area contributed by atoms with Crippen LogP contribution in [0.3, 0.4) is 0 Å². The number of nitrogens with zero attached hydrogens (tertiary/aromatic N) is 10.